The molecule has 0 bridgehead atoms. The molecule has 0 radical (unpaired) electrons. The number of carbonyl (C=O) groups is 2. The van der Waals surface area contributed by atoms with E-state index in [1.807, 2.05) is 27.7 Å². The Morgan fingerprint density at radius 2 is 1.50 bits per heavy atom. The number of ether oxygens (including phenoxy) is 2. The smallest absolute Gasteiger partial charge is 0.335 e. The minimum Gasteiger partial charge on any atom is -0.494 e. The Labute approximate surface area is 144 Å². The molecule has 0 unspecified atom stereocenters. The van der Waals surface area contributed by atoms with E-state index in [0.29, 0.717) is 19.0 Å². The molecule has 0 saturated carbocycles. The maximum Gasteiger partial charge on any atom is 0.335 e. The fraction of sp³-hybridized carbons (Fsp3) is 0.579. The van der Waals surface area contributed by atoms with Crippen LogP contribution < -0.4 is 4.74 Å². The fourth-order valence-corrected chi connectivity index (χ4v) is 2.67. The van der Waals surface area contributed by atoms with Crippen molar-refractivity contribution in [2.75, 3.05) is 13.2 Å². The van der Waals surface area contributed by atoms with E-state index in [2.05, 4.69) is 0 Å². The van der Waals surface area contributed by atoms with Crippen LogP contribution in [-0.2, 0) is 9.53 Å². The van der Waals surface area contributed by atoms with Crippen molar-refractivity contribution in [1.82, 2.24) is 0 Å². The molecule has 0 aliphatic rings. The van der Waals surface area contributed by atoms with E-state index in [9.17, 15) is 9.59 Å². The van der Waals surface area contributed by atoms with Crippen LogP contribution in [0.2, 0.25) is 0 Å². The normalized spacial score (nSPS) is 11.1. The lowest BCUT2D eigenvalue weighted by molar-refractivity contribution is -0.152. The number of aromatic carboxylic acids is 1. The van der Waals surface area contributed by atoms with Crippen LogP contribution in [-0.4, -0.2) is 30.3 Å². The summed E-state index contributed by atoms with van der Waals surface area (Å²) in [5.41, 5.74) is 0.235. The third kappa shape index (κ3) is 6.60. The Morgan fingerprint density at radius 1 is 0.958 bits per heavy atom. The van der Waals surface area contributed by atoms with Gasteiger partial charge in [-0.05, 0) is 48.9 Å². The Kier molecular flexibility index (Phi) is 8.30. The number of carboxylic acid groups (broad SMARTS) is 1. The third-order valence-corrected chi connectivity index (χ3v) is 3.86. The third-order valence-electron chi connectivity index (χ3n) is 3.86. The topological polar surface area (TPSA) is 72.8 Å². The van der Waals surface area contributed by atoms with Gasteiger partial charge in [0.15, 0.2) is 0 Å². The molecule has 0 heterocycles. The predicted octanol–water partition coefficient (Wildman–Crippen LogP) is 4.02. The van der Waals surface area contributed by atoms with Gasteiger partial charge in [-0.3, -0.25) is 4.79 Å². The zero-order chi connectivity index (χ0) is 18.1. The minimum atomic E-state index is -0.954. The van der Waals surface area contributed by atoms with E-state index in [0.717, 1.165) is 12.8 Å². The second-order valence-electron chi connectivity index (χ2n) is 6.57. The molecule has 0 saturated heterocycles. The standard InChI is InChI=1S/C19H28O5/c1-13(2)17(14(3)4)19(22)24-12-6-5-11-23-16-9-7-15(8-10-16)18(20)21/h7-10,13-14,17H,5-6,11-12H2,1-4H3,(H,20,21). The molecule has 0 aliphatic carbocycles. The summed E-state index contributed by atoms with van der Waals surface area (Å²) >= 11 is 0. The number of benzene rings is 1. The van der Waals surface area contributed by atoms with Gasteiger partial charge in [0.1, 0.15) is 5.75 Å². The first-order valence-electron chi connectivity index (χ1n) is 8.45. The molecular formula is C19H28O5. The number of carboxylic acids is 1. The van der Waals surface area contributed by atoms with Gasteiger partial charge in [-0.15, -0.1) is 0 Å². The lowest BCUT2D eigenvalue weighted by Crippen LogP contribution is -2.27. The van der Waals surface area contributed by atoms with Crippen molar-refractivity contribution in [2.24, 2.45) is 17.8 Å². The van der Waals surface area contributed by atoms with Crippen LogP contribution in [0.3, 0.4) is 0 Å². The van der Waals surface area contributed by atoms with E-state index >= 15 is 0 Å². The molecule has 0 aromatic heterocycles. The number of esters is 1. The molecule has 0 aliphatic heterocycles. The van der Waals surface area contributed by atoms with Crippen molar-refractivity contribution in [3.05, 3.63) is 29.8 Å². The molecule has 5 nitrogen and oxygen atoms in total. The number of rotatable bonds is 10. The van der Waals surface area contributed by atoms with Crippen LogP contribution in [0.1, 0.15) is 50.9 Å². The first kappa shape index (κ1) is 20.0. The molecular weight excluding hydrogens is 308 g/mol. The summed E-state index contributed by atoms with van der Waals surface area (Å²) in [5, 5.41) is 8.82. The van der Waals surface area contributed by atoms with Gasteiger partial charge in [-0.2, -0.15) is 0 Å². The highest BCUT2D eigenvalue weighted by Gasteiger charge is 2.26. The Bertz CT molecular complexity index is 511. The van der Waals surface area contributed by atoms with Crippen LogP contribution in [0.25, 0.3) is 0 Å². The van der Waals surface area contributed by atoms with Crippen molar-refractivity contribution in [1.29, 1.82) is 0 Å². The van der Waals surface area contributed by atoms with Crippen molar-refractivity contribution >= 4 is 11.9 Å². The van der Waals surface area contributed by atoms with Gasteiger partial charge in [0.25, 0.3) is 0 Å². The zero-order valence-electron chi connectivity index (χ0n) is 15.0. The maximum atomic E-state index is 12.1. The summed E-state index contributed by atoms with van der Waals surface area (Å²) < 4.78 is 10.9. The number of carbonyl (C=O) groups excluding carboxylic acids is 1. The highest BCUT2D eigenvalue weighted by atomic mass is 16.5. The fourth-order valence-electron chi connectivity index (χ4n) is 2.67. The van der Waals surface area contributed by atoms with E-state index in [1.54, 1.807) is 12.1 Å². The second kappa shape index (κ2) is 9.96. The molecule has 1 aromatic carbocycles. The van der Waals surface area contributed by atoms with Gasteiger partial charge in [0.2, 0.25) is 0 Å². The average molecular weight is 336 g/mol. The molecule has 1 rings (SSSR count). The van der Waals surface area contributed by atoms with Gasteiger partial charge < -0.3 is 14.6 Å². The lowest BCUT2D eigenvalue weighted by Gasteiger charge is -2.22. The van der Waals surface area contributed by atoms with Crippen molar-refractivity contribution in [2.45, 2.75) is 40.5 Å². The molecule has 5 heteroatoms. The van der Waals surface area contributed by atoms with Crippen LogP contribution >= 0.6 is 0 Å². The molecule has 134 valence electrons. The van der Waals surface area contributed by atoms with Gasteiger partial charge in [-0.25, -0.2) is 4.79 Å². The summed E-state index contributed by atoms with van der Waals surface area (Å²) in [4.78, 5) is 22.8. The second-order valence-corrected chi connectivity index (χ2v) is 6.57. The monoisotopic (exact) mass is 336 g/mol. The zero-order valence-corrected chi connectivity index (χ0v) is 15.0. The molecule has 1 N–H and O–H groups in total. The Morgan fingerprint density at radius 3 is 2.00 bits per heavy atom. The van der Waals surface area contributed by atoms with Crippen LogP contribution in [0.15, 0.2) is 24.3 Å². The van der Waals surface area contributed by atoms with Crippen molar-refractivity contribution in [3.63, 3.8) is 0 Å². The molecule has 0 amide bonds. The highest BCUT2D eigenvalue weighted by Crippen LogP contribution is 2.22. The lowest BCUT2D eigenvalue weighted by atomic mass is 9.86. The first-order valence-corrected chi connectivity index (χ1v) is 8.45. The van der Waals surface area contributed by atoms with E-state index in [4.69, 9.17) is 14.6 Å². The molecule has 0 fully saturated rings. The first-order chi connectivity index (χ1) is 11.3. The number of hydrogen-bond acceptors (Lipinski definition) is 4. The summed E-state index contributed by atoms with van der Waals surface area (Å²) in [7, 11) is 0. The number of unbranched alkanes of at least 4 members (excludes halogenated alkanes) is 1. The van der Waals surface area contributed by atoms with Crippen LogP contribution in [0, 0.1) is 17.8 Å². The van der Waals surface area contributed by atoms with Crippen LogP contribution in [0.4, 0.5) is 0 Å². The van der Waals surface area contributed by atoms with Gasteiger partial charge in [0, 0.05) is 0 Å². The Hall–Kier alpha value is -2.04. The van der Waals surface area contributed by atoms with E-state index in [1.165, 1.54) is 12.1 Å². The summed E-state index contributed by atoms with van der Waals surface area (Å²) in [5.74, 6) is 0.0459. The van der Waals surface area contributed by atoms with E-state index < -0.39 is 5.97 Å². The van der Waals surface area contributed by atoms with Crippen LogP contribution in [0.5, 0.6) is 5.75 Å². The minimum absolute atomic E-state index is 0.0611. The van der Waals surface area contributed by atoms with Gasteiger partial charge in [-0.1, -0.05) is 27.7 Å². The van der Waals surface area contributed by atoms with Crippen molar-refractivity contribution < 1.29 is 24.2 Å². The quantitative estimate of drug-likeness (QED) is 0.516. The summed E-state index contributed by atoms with van der Waals surface area (Å²) in [6, 6.07) is 6.30. The average Bonchev–Trinajstić information content (AvgIpc) is 2.50. The predicted molar refractivity (Wildman–Crippen MR) is 92.3 cm³/mol. The van der Waals surface area contributed by atoms with E-state index in [-0.39, 0.29) is 29.3 Å². The SMILES string of the molecule is CC(C)C(C(=O)OCCCCOc1ccc(C(=O)O)cc1)C(C)C. The summed E-state index contributed by atoms with van der Waals surface area (Å²) in [6.45, 7) is 9.05. The summed E-state index contributed by atoms with van der Waals surface area (Å²) in [6.07, 6.45) is 1.50. The largest absolute Gasteiger partial charge is 0.494 e. The maximum absolute atomic E-state index is 12.1. The van der Waals surface area contributed by atoms with Gasteiger partial charge in [0.05, 0.1) is 24.7 Å². The molecule has 24 heavy (non-hydrogen) atoms. The number of hydrogen-bond donors (Lipinski definition) is 1. The molecule has 0 spiro atoms. The Balaban J connectivity index is 2.22. The van der Waals surface area contributed by atoms with Gasteiger partial charge >= 0.3 is 11.9 Å². The molecule has 0 atom stereocenters. The van der Waals surface area contributed by atoms with Crippen molar-refractivity contribution in [3.8, 4) is 5.75 Å². The molecule has 1 aromatic rings. The highest BCUT2D eigenvalue weighted by molar-refractivity contribution is 5.87.